The lowest BCUT2D eigenvalue weighted by atomic mass is 10.2. The molecule has 0 fully saturated rings. The fourth-order valence-electron chi connectivity index (χ4n) is 1.60. The number of ether oxygens (including phenoxy) is 1. The number of methoxy groups -OCH3 is 1. The molecule has 0 saturated heterocycles. The predicted molar refractivity (Wildman–Crippen MR) is 69.3 cm³/mol. The smallest absolute Gasteiger partial charge is 0.180 e. The van der Waals surface area contributed by atoms with Crippen molar-refractivity contribution in [2.45, 2.75) is 13.5 Å². The second kappa shape index (κ2) is 5.23. The van der Waals surface area contributed by atoms with Crippen molar-refractivity contribution in [3.63, 3.8) is 0 Å². The fourth-order valence-corrected chi connectivity index (χ4v) is 2.16. The maximum atomic E-state index is 5.34. The third-order valence-corrected chi connectivity index (χ3v) is 2.86. The van der Waals surface area contributed by atoms with Crippen molar-refractivity contribution in [3.8, 4) is 5.75 Å². The van der Waals surface area contributed by atoms with Crippen LogP contribution in [0.25, 0.3) is 0 Å². The highest BCUT2D eigenvalue weighted by atomic mass is 79.9. The van der Waals surface area contributed by atoms with Crippen molar-refractivity contribution in [1.82, 2.24) is 4.98 Å². The highest BCUT2D eigenvalue weighted by Crippen LogP contribution is 2.32. The average Bonchev–Trinajstić information content (AvgIpc) is 2.79. The van der Waals surface area contributed by atoms with Gasteiger partial charge in [0.15, 0.2) is 6.39 Å². The van der Waals surface area contributed by atoms with Crippen LogP contribution in [0.2, 0.25) is 0 Å². The van der Waals surface area contributed by atoms with Gasteiger partial charge in [0, 0.05) is 4.47 Å². The zero-order valence-electron chi connectivity index (χ0n) is 9.66. The van der Waals surface area contributed by atoms with Crippen LogP contribution < -0.4 is 10.1 Å². The molecule has 5 heteroatoms. The van der Waals surface area contributed by atoms with Crippen molar-refractivity contribution in [3.05, 3.63) is 40.5 Å². The van der Waals surface area contributed by atoms with Gasteiger partial charge in [0.05, 0.1) is 25.5 Å². The molecule has 0 atom stereocenters. The molecule has 1 aromatic heterocycles. The van der Waals surface area contributed by atoms with Crippen LogP contribution in [0.3, 0.4) is 0 Å². The summed E-state index contributed by atoms with van der Waals surface area (Å²) in [5, 5.41) is 3.28. The third-order valence-electron chi connectivity index (χ3n) is 2.41. The van der Waals surface area contributed by atoms with Gasteiger partial charge in [-0.1, -0.05) is 15.9 Å². The first-order valence-electron chi connectivity index (χ1n) is 5.16. The molecule has 0 aliphatic heterocycles. The van der Waals surface area contributed by atoms with E-state index in [9.17, 15) is 0 Å². The van der Waals surface area contributed by atoms with E-state index >= 15 is 0 Å². The molecule has 1 N–H and O–H groups in total. The summed E-state index contributed by atoms with van der Waals surface area (Å²) in [4.78, 5) is 3.87. The highest BCUT2D eigenvalue weighted by Gasteiger charge is 2.08. The van der Waals surface area contributed by atoms with E-state index in [1.165, 1.54) is 6.39 Å². The Balaban J connectivity index is 2.19. The average molecular weight is 297 g/mol. The van der Waals surface area contributed by atoms with Gasteiger partial charge in [0.1, 0.15) is 11.5 Å². The molecular formula is C12H13BrN2O2. The summed E-state index contributed by atoms with van der Waals surface area (Å²) in [6.45, 7) is 2.61. The zero-order chi connectivity index (χ0) is 12.3. The Morgan fingerprint density at radius 2 is 2.29 bits per heavy atom. The molecular weight excluding hydrogens is 284 g/mol. The van der Waals surface area contributed by atoms with E-state index in [0.717, 1.165) is 27.2 Å². The summed E-state index contributed by atoms with van der Waals surface area (Å²) in [6, 6.07) is 3.96. The van der Waals surface area contributed by atoms with Crippen molar-refractivity contribution >= 4 is 21.6 Å². The van der Waals surface area contributed by atoms with Crippen molar-refractivity contribution in [1.29, 1.82) is 0 Å². The number of aromatic nitrogens is 1. The molecule has 1 heterocycles. The van der Waals surface area contributed by atoms with Crippen LogP contribution in [0.4, 0.5) is 5.69 Å². The summed E-state index contributed by atoms with van der Waals surface area (Å²) in [5.41, 5.74) is 2.07. The molecule has 0 saturated carbocycles. The molecule has 0 spiro atoms. The van der Waals surface area contributed by atoms with Crippen LogP contribution in [-0.2, 0) is 6.54 Å². The second-order valence-electron chi connectivity index (χ2n) is 3.62. The van der Waals surface area contributed by atoms with Crippen LogP contribution in [0.5, 0.6) is 5.75 Å². The number of nitrogens with one attached hydrogen (secondary N) is 1. The van der Waals surface area contributed by atoms with E-state index in [-0.39, 0.29) is 0 Å². The summed E-state index contributed by atoms with van der Waals surface area (Å²) < 4.78 is 11.5. The van der Waals surface area contributed by atoms with Crippen LogP contribution in [0.15, 0.2) is 33.6 Å². The Morgan fingerprint density at radius 1 is 1.47 bits per heavy atom. The van der Waals surface area contributed by atoms with E-state index < -0.39 is 0 Å². The number of nitrogens with zero attached hydrogens (tertiary/aromatic N) is 1. The molecule has 2 rings (SSSR count). The molecule has 0 aliphatic rings. The van der Waals surface area contributed by atoms with Crippen molar-refractivity contribution in [2.24, 2.45) is 0 Å². The zero-order valence-corrected chi connectivity index (χ0v) is 11.2. The Labute approximate surface area is 108 Å². The minimum absolute atomic E-state index is 0.582. The van der Waals surface area contributed by atoms with Crippen molar-refractivity contribution < 1.29 is 9.15 Å². The topological polar surface area (TPSA) is 47.3 Å². The lowest BCUT2D eigenvalue weighted by molar-refractivity contribution is 0.415. The number of halogens is 1. The van der Waals surface area contributed by atoms with E-state index in [4.69, 9.17) is 9.15 Å². The third kappa shape index (κ3) is 2.79. The van der Waals surface area contributed by atoms with Gasteiger partial charge in [0.25, 0.3) is 0 Å². The van der Waals surface area contributed by atoms with Gasteiger partial charge in [-0.2, -0.15) is 0 Å². The Kier molecular flexibility index (Phi) is 3.68. The molecule has 0 bridgehead atoms. The first-order chi connectivity index (χ1) is 8.20. The normalized spacial score (nSPS) is 10.3. The molecule has 1 aromatic carbocycles. The van der Waals surface area contributed by atoms with Gasteiger partial charge < -0.3 is 14.5 Å². The van der Waals surface area contributed by atoms with E-state index in [1.807, 2.05) is 19.1 Å². The molecule has 2 aromatic rings. The predicted octanol–water partition coefficient (Wildman–Crippen LogP) is 3.37. The number of benzene rings is 1. The van der Waals surface area contributed by atoms with Gasteiger partial charge in [-0.15, -0.1) is 0 Å². The first kappa shape index (κ1) is 12.0. The lowest BCUT2D eigenvalue weighted by Crippen LogP contribution is -2.02. The number of anilines is 1. The number of aryl methyl sites for hydroxylation is 1. The quantitative estimate of drug-likeness (QED) is 0.940. The monoisotopic (exact) mass is 296 g/mol. The van der Waals surface area contributed by atoms with E-state index in [2.05, 4.69) is 26.2 Å². The standard InChI is InChI=1S/C12H13BrN2O2/c1-8-3-9(13)4-11(16-2)12(8)15-6-10-5-14-7-17-10/h3-5,7,15H,6H2,1-2H3. The van der Waals surface area contributed by atoms with E-state index in [1.54, 1.807) is 13.3 Å². The molecule has 17 heavy (non-hydrogen) atoms. The maximum absolute atomic E-state index is 5.34. The van der Waals surface area contributed by atoms with Gasteiger partial charge in [-0.25, -0.2) is 4.98 Å². The lowest BCUT2D eigenvalue weighted by Gasteiger charge is -2.13. The minimum atomic E-state index is 0.582. The number of hydrogen-bond acceptors (Lipinski definition) is 4. The summed E-state index contributed by atoms with van der Waals surface area (Å²) in [5.74, 6) is 1.59. The molecule has 0 aliphatic carbocycles. The molecule has 4 nitrogen and oxygen atoms in total. The second-order valence-corrected chi connectivity index (χ2v) is 4.54. The Morgan fingerprint density at radius 3 is 2.94 bits per heavy atom. The first-order valence-corrected chi connectivity index (χ1v) is 5.95. The molecule has 0 unspecified atom stereocenters. The van der Waals surface area contributed by atoms with Crippen LogP contribution in [0, 0.1) is 6.92 Å². The van der Waals surface area contributed by atoms with Crippen molar-refractivity contribution in [2.75, 3.05) is 12.4 Å². The maximum Gasteiger partial charge on any atom is 0.180 e. The minimum Gasteiger partial charge on any atom is -0.495 e. The largest absolute Gasteiger partial charge is 0.495 e. The van der Waals surface area contributed by atoms with Gasteiger partial charge in [0.2, 0.25) is 0 Å². The summed E-state index contributed by atoms with van der Waals surface area (Å²) >= 11 is 3.44. The number of rotatable bonds is 4. The Hall–Kier alpha value is -1.49. The van der Waals surface area contributed by atoms with E-state index in [0.29, 0.717) is 6.54 Å². The van der Waals surface area contributed by atoms with Crippen LogP contribution in [0.1, 0.15) is 11.3 Å². The highest BCUT2D eigenvalue weighted by molar-refractivity contribution is 9.10. The summed E-state index contributed by atoms with van der Waals surface area (Å²) in [6.07, 6.45) is 3.11. The molecule has 0 radical (unpaired) electrons. The molecule has 90 valence electrons. The molecule has 0 amide bonds. The van der Waals surface area contributed by atoms with Gasteiger partial charge in [-0.3, -0.25) is 0 Å². The van der Waals surface area contributed by atoms with Gasteiger partial charge in [-0.05, 0) is 24.6 Å². The summed E-state index contributed by atoms with van der Waals surface area (Å²) in [7, 11) is 1.65. The van der Waals surface area contributed by atoms with Crippen LogP contribution >= 0.6 is 15.9 Å². The SMILES string of the molecule is COc1cc(Br)cc(C)c1NCc1cnco1. The number of hydrogen-bond donors (Lipinski definition) is 1. The fraction of sp³-hybridized carbons (Fsp3) is 0.250. The van der Waals surface area contributed by atoms with Gasteiger partial charge >= 0.3 is 0 Å². The number of oxazole rings is 1. The Bertz CT molecular complexity index is 497. The van der Waals surface area contributed by atoms with Crippen LogP contribution in [-0.4, -0.2) is 12.1 Å².